The molecule has 1 aromatic carbocycles. The van der Waals surface area contributed by atoms with E-state index in [2.05, 4.69) is 21.1 Å². The molecule has 0 aliphatic rings. The summed E-state index contributed by atoms with van der Waals surface area (Å²) in [6.07, 6.45) is 0. The summed E-state index contributed by atoms with van der Waals surface area (Å²) in [4.78, 5) is 2.03. The van der Waals surface area contributed by atoms with Crippen molar-refractivity contribution in [1.29, 1.82) is 0 Å². The Bertz CT molecular complexity index is 508. The monoisotopic (exact) mass is 281 g/mol. The number of rotatable bonds is 2. The van der Waals surface area contributed by atoms with Gasteiger partial charge in [-0.05, 0) is 28.1 Å². The molecule has 0 bridgehead atoms. The lowest BCUT2D eigenvalue weighted by molar-refractivity contribution is 0.439. The summed E-state index contributed by atoms with van der Waals surface area (Å²) in [7, 11) is 3.99. The number of nitrogen functional groups attached to an aromatic ring is 1. The fourth-order valence-corrected chi connectivity index (χ4v) is 2.19. The van der Waals surface area contributed by atoms with Crippen LogP contribution in [0.2, 0.25) is 0 Å². The van der Waals surface area contributed by atoms with Crippen molar-refractivity contribution in [2.75, 3.05) is 24.7 Å². The maximum Gasteiger partial charge on any atom is 0.222 e. The molecular weight excluding hydrogens is 270 g/mol. The molecule has 0 radical (unpaired) electrons. The van der Waals surface area contributed by atoms with Crippen LogP contribution in [-0.4, -0.2) is 19.3 Å². The van der Waals surface area contributed by atoms with Crippen LogP contribution in [0.5, 0.6) is 0 Å². The molecule has 0 saturated carbocycles. The molecule has 1 heterocycles. The quantitative estimate of drug-likeness (QED) is 0.920. The van der Waals surface area contributed by atoms with Gasteiger partial charge in [0.25, 0.3) is 0 Å². The van der Waals surface area contributed by atoms with Crippen molar-refractivity contribution < 1.29 is 4.52 Å². The molecule has 0 unspecified atom stereocenters. The molecule has 16 heavy (non-hydrogen) atoms. The van der Waals surface area contributed by atoms with Gasteiger partial charge < -0.3 is 15.2 Å². The van der Waals surface area contributed by atoms with Crippen LogP contribution in [0.15, 0.2) is 33.3 Å². The highest BCUT2D eigenvalue weighted by molar-refractivity contribution is 9.10. The minimum atomic E-state index is 0.322. The predicted molar refractivity (Wildman–Crippen MR) is 68.4 cm³/mol. The Morgan fingerprint density at radius 2 is 2.06 bits per heavy atom. The normalized spacial score (nSPS) is 10.4. The molecule has 0 spiro atoms. The minimum Gasteiger partial charge on any atom is -0.377 e. The van der Waals surface area contributed by atoms with E-state index in [1.807, 2.05) is 37.2 Å². The molecule has 5 heteroatoms. The van der Waals surface area contributed by atoms with Crippen molar-refractivity contribution in [3.05, 3.63) is 28.7 Å². The lowest BCUT2D eigenvalue weighted by atomic mass is 10.1. The van der Waals surface area contributed by atoms with Gasteiger partial charge in [-0.3, -0.25) is 0 Å². The lowest BCUT2D eigenvalue weighted by Crippen LogP contribution is -2.09. The van der Waals surface area contributed by atoms with Gasteiger partial charge in [-0.25, -0.2) is 0 Å². The van der Waals surface area contributed by atoms with Crippen LogP contribution in [0.4, 0.5) is 11.6 Å². The van der Waals surface area contributed by atoms with E-state index in [4.69, 9.17) is 10.3 Å². The van der Waals surface area contributed by atoms with Crippen molar-refractivity contribution in [2.24, 2.45) is 0 Å². The number of halogens is 1. The van der Waals surface area contributed by atoms with E-state index in [-0.39, 0.29) is 0 Å². The van der Waals surface area contributed by atoms with Crippen molar-refractivity contribution in [1.82, 2.24) is 5.16 Å². The van der Waals surface area contributed by atoms with E-state index in [9.17, 15) is 0 Å². The Hall–Kier alpha value is -1.49. The second-order valence-electron chi connectivity index (χ2n) is 3.68. The molecule has 2 aromatic rings. The summed E-state index contributed by atoms with van der Waals surface area (Å²) in [6.45, 7) is 0. The van der Waals surface area contributed by atoms with Gasteiger partial charge in [0.15, 0.2) is 0 Å². The first-order chi connectivity index (χ1) is 7.58. The molecule has 0 aliphatic heterocycles. The van der Waals surface area contributed by atoms with E-state index in [0.29, 0.717) is 5.88 Å². The Morgan fingerprint density at radius 1 is 1.31 bits per heavy atom. The van der Waals surface area contributed by atoms with Gasteiger partial charge in [0, 0.05) is 30.2 Å². The number of hydrogen-bond donors (Lipinski definition) is 1. The van der Waals surface area contributed by atoms with Gasteiger partial charge in [-0.1, -0.05) is 11.2 Å². The highest BCUT2D eigenvalue weighted by Gasteiger charge is 2.08. The Balaban J connectivity index is 2.42. The molecule has 0 amide bonds. The van der Waals surface area contributed by atoms with Crippen LogP contribution in [0.3, 0.4) is 0 Å². The van der Waals surface area contributed by atoms with E-state index >= 15 is 0 Å². The lowest BCUT2D eigenvalue weighted by Gasteiger charge is -2.14. The Kier molecular flexibility index (Phi) is 2.87. The van der Waals surface area contributed by atoms with Gasteiger partial charge in [0.05, 0.1) is 5.69 Å². The topological polar surface area (TPSA) is 55.3 Å². The first kappa shape index (κ1) is 11.0. The molecule has 84 valence electrons. The van der Waals surface area contributed by atoms with Gasteiger partial charge in [0.1, 0.15) is 5.69 Å². The van der Waals surface area contributed by atoms with Crippen molar-refractivity contribution in [3.63, 3.8) is 0 Å². The zero-order valence-corrected chi connectivity index (χ0v) is 10.7. The fourth-order valence-electron chi connectivity index (χ4n) is 1.45. The third kappa shape index (κ3) is 2.04. The number of benzene rings is 1. The summed E-state index contributed by atoms with van der Waals surface area (Å²) in [5, 5.41) is 3.87. The number of hydrogen-bond acceptors (Lipinski definition) is 4. The fraction of sp³-hybridized carbons (Fsp3) is 0.182. The SMILES string of the molecule is CN(C)c1ccc(-c2cc(N)on2)cc1Br. The van der Waals surface area contributed by atoms with Crippen LogP contribution in [0.25, 0.3) is 11.3 Å². The molecular formula is C11H12BrN3O. The van der Waals surface area contributed by atoms with Crippen LogP contribution in [-0.2, 0) is 0 Å². The molecule has 2 rings (SSSR count). The van der Waals surface area contributed by atoms with Gasteiger partial charge >= 0.3 is 0 Å². The van der Waals surface area contributed by atoms with E-state index in [0.717, 1.165) is 21.4 Å². The Morgan fingerprint density at radius 3 is 2.56 bits per heavy atom. The Labute approximate surface area is 102 Å². The second kappa shape index (κ2) is 4.17. The largest absolute Gasteiger partial charge is 0.377 e. The molecule has 4 nitrogen and oxygen atoms in total. The summed E-state index contributed by atoms with van der Waals surface area (Å²) >= 11 is 3.52. The highest BCUT2D eigenvalue weighted by Crippen LogP contribution is 2.30. The van der Waals surface area contributed by atoms with Crippen LogP contribution in [0.1, 0.15) is 0 Å². The maximum absolute atomic E-state index is 5.48. The van der Waals surface area contributed by atoms with Crippen molar-refractivity contribution >= 4 is 27.5 Å². The molecule has 0 fully saturated rings. The number of anilines is 2. The van der Waals surface area contributed by atoms with E-state index < -0.39 is 0 Å². The average molecular weight is 282 g/mol. The molecule has 0 saturated heterocycles. The van der Waals surface area contributed by atoms with Crippen LogP contribution >= 0.6 is 15.9 Å². The zero-order valence-electron chi connectivity index (χ0n) is 9.07. The van der Waals surface area contributed by atoms with Crippen molar-refractivity contribution in [3.8, 4) is 11.3 Å². The minimum absolute atomic E-state index is 0.322. The third-order valence-electron chi connectivity index (χ3n) is 2.25. The zero-order chi connectivity index (χ0) is 11.7. The molecule has 1 aromatic heterocycles. The van der Waals surface area contributed by atoms with Crippen molar-refractivity contribution in [2.45, 2.75) is 0 Å². The second-order valence-corrected chi connectivity index (χ2v) is 4.53. The van der Waals surface area contributed by atoms with Gasteiger partial charge in [-0.15, -0.1) is 0 Å². The molecule has 2 N–H and O–H groups in total. The van der Waals surface area contributed by atoms with Gasteiger partial charge in [-0.2, -0.15) is 0 Å². The first-order valence-corrected chi connectivity index (χ1v) is 5.56. The summed E-state index contributed by atoms with van der Waals surface area (Å²) in [5.74, 6) is 0.322. The summed E-state index contributed by atoms with van der Waals surface area (Å²) in [6, 6.07) is 7.70. The third-order valence-corrected chi connectivity index (χ3v) is 2.89. The van der Waals surface area contributed by atoms with E-state index in [1.165, 1.54) is 0 Å². The van der Waals surface area contributed by atoms with Crippen LogP contribution < -0.4 is 10.6 Å². The number of nitrogens with zero attached hydrogens (tertiary/aromatic N) is 2. The number of aromatic nitrogens is 1. The van der Waals surface area contributed by atoms with Crippen LogP contribution in [0, 0.1) is 0 Å². The molecule has 0 atom stereocenters. The maximum atomic E-state index is 5.48. The first-order valence-electron chi connectivity index (χ1n) is 4.77. The average Bonchev–Trinajstić information content (AvgIpc) is 2.64. The summed E-state index contributed by atoms with van der Waals surface area (Å²) in [5.41, 5.74) is 8.30. The van der Waals surface area contributed by atoms with Gasteiger partial charge in [0.2, 0.25) is 5.88 Å². The molecule has 0 aliphatic carbocycles. The smallest absolute Gasteiger partial charge is 0.222 e. The van der Waals surface area contributed by atoms with E-state index in [1.54, 1.807) is 6.07 Å². The standard InChI is InChI=1S/C11H12BrN3O/c1-15(2)10-4-3-7(5-8(10)12)9-6-11(13)16-14-9/h3-6H,13H2,1-2H3. The number of nitrogens with two attached hydrogens (primary N) is 1. The highest BCUT2D eigenvalue weighted by atomic mass is 79.9. The summed E-state index contributed by atoms with van der Waals surface area (Å²) < 4.78 is 5.85. The predicted octanol–water partition coefficient (Wildman–Crippen LogP) is 2.75.